The Morgan fingerprint density at radius 2 is 1.81 bits per heavy atom. The van der Waals surface area contributed by atoms with E-state index in [9.17, 15) is 9.59 Å². The minimum Gasteiger partial charge on any atom is -0.290 e. The Balaban J connectivity index is 2.25. The summed E-state index contributed by atoms with van der Waals surface area (Å²) in [5.41, 5.74) is -0.784. The van der Waals surface area contributed by atoms with Crippen molar-refractivity contribution in [1.82, 2.24) is 0 Å². The molecule has 0 unspecified atom stereocenters. The maximum absolute atomic E-state index is 12.3. The normalized spacial score (nSPS) is 44.6. The lowest BCUT2D eigenvalue weighted by atomic mass is 9.43. The van der Waals surface area contributed by atoms with E-state index in [0.717, 1.165) is 0 Å². The van der Waals surface area contributed by atoms with Gasteiger partial charge in [-0.05, 0) is 11.3 Å². The quantitative estimate of drug-likeness (QED) is 0.459. The van der Waals surface area contributed by atoms with Gasteiger partial charge in [-0.25, -0.2) is 0 Å². The van der Waals surface area contributed by atoms with Crippen LogP contribution in [-0.2, 0) is 9.59 Å². The van der Waals surface area contributed by atoms with E-state index in [0.29, 0.717) is 0 Å². The van der Waals surface area contributed by atoms with Crippen LogP contribution in [0.1, 0.15) is 20.8 Å². The molecule has 4 rings (SSSR count). The van der Waals surface area contributed by atoms with Crippen molar-refractivity contribution in [1.29, 1.82) is 0 Å². The topological polar surface area (TPSA) is 34.1 Å². The van der Waals surface area contributed by atoms with Crippen molar-refractivity contribution in [2.24, 2.45) is 28.6 Å². The molecule has 16 heavy (non-hydrogen) atoms. The van der Waals surface area contributed by atoms with Gasteiger partial charge in [0.1, 0.15) is 0 Å². The fourth-order valence-electron chi connectivity index (χ4n) is 3.58. The molecule has 4 atom stereocenters. The van der Waals surface area contributed by atoms with E-state index in [4.69, 9.17) is 0 Å². The lowest BCUT2D eigenvalue weighted by Crippen LogP contribution is -2.63. The Bertz CT molecular complexity index is 450. The lowest BCUT2D eigenvalue weighted by Gasteiger charge is -2.58. The van der Waals surface area contributed by atoms with Crippen LogP contribution in [0.4, 0.5) is 0 Å². The molecular formula is C14H16O2. The van der Waals surface area contributed by atoms with Gasteiger partial charge in [0.05, 0.1) is 11.3 Å². The molecule has 2 bridgehead atoms. The highest BCUT2D eigenvalue weighted by Crippen LogP contribution is 2.61. The second-order valence-electron chi connectivity index (χ2n) is 6.19. The van der Waals surface area contributed by atoms with Crippen molar-refractivity contribution in [3.8, 4) is 0 Å². The number of hydrogen-bond donors (Lipinski definition) is 0. The van der Waals surface area contributed by atoms with Gasteiger partial charge in [-0.3, -0.25) is 9.59 Å². The minimum absolute atomic E-state index is 0.168. The Hall–Kier alpha value is -1.18. The molecule has 84 valence electrons. The second kappa shape index (κ2) is 2.55. The SMILES string of the molecule is CC(C)(C)[C@]12C=C[C@@H](C(=O)C1=O)[C@H]1C=C[C@@H]12. The maximum Gasteiger partial charge on any atom is 0.210 e. The predicted octanol–water partition coefficient (Wildman–Crippen LogP) is 2.16. The molecule has 1 saturated carbocycles. The van der Waals surface area contributed by atoms with Crippen molar-refractivity contribution in [3.05, 3.63) is 24.3 Å². The highest BCUT2D eigenvalue weighted by molar-refractivity contribution is 6.42. The molecule has 1 fully saturated rings. The summed E-state index contributed by atoms with van der Waals surface area (Å²) in [6, 6.07) is 0. The maximum atomic E-state index is 12.3. The third-order valence-electron chi connectivity index (χ3n) is 4.61. The van der Waals surface area contributed by atoms with Crippen molar-refractivity contribution >= 4 is 11.6 Å². The molecule has 4 aliphatic carbocycles. The Kier molecular flexibility index (Phi) is 1.60. The second-order valence-corrected chi connectivity index (χ2v) is 6.19. The van der Waals surface area contributed by atoms with E-state index in [-0.39, 0.29) is 34.7 Å². The van der Waals surface area contributed by atoms with Gasteiger partial charge >= 0.3 is 0 Å². The molecule has 2 heteroatoms. The predicted molar refractivity (Wildman–Crippen MR) is 60.7 cm³/mol. The van der Waals surface area contributed by atoms with Gasteiger partial charge in [-0.15, -0.1) is 0 Å². The van der Waals surface area contributed by atoms with E-state index in [1.807, 2.05) is 12.2 Å². The fraction of sp³-hybridized carbons (Fsp3) is 0.571. The molecular weight excluding hydrogens is 200 g/mol. The average Bonchev–Trinajstić information content (AvgIpc) is 2.12. The van der Waals surface area contributed by atoms with E-state index in [1.54, 1.807) is 0 Å². The molecule has 0 amide bonds. The fourth-order valence-corrected chi connectivity index (χ4v) is 3.58. The number of Topliss-reactive ketones (excluding diaryl/α,β-unsaturated/α-hetero) is 2. The van der Waals surface area contributed by atoms with Gasteiger partial charge in [0, 0.05) is 5.92 Å². The van der Waals surface area contributed by atoms with Crippen molar-refractivity contribution < 1.29 is 9.59 Å². The summed E-state index contributed by atoms with van der Waals surface area (Å²) in [6.07, 6.45) is 8.16. The Morgan fingerprint density at radius 1 is 1.12 bits per heavy atom. The first-order chi connectivity index (χ1) is 7.39. The monoisotopic (exact) mass is 216 g/mol. The van der Waals surface area contributed by atoms with Gasteiger partial charge in [-0.2, -0.15) is 0 Å². The van der Waals surface area contributed by atoms with Crippen LogP contribution in [0.25, 0.3) is 0 Å². The molecule has 0 heterocycles. The molecule has 0 aromatic heterocycles. The summed E-state index contributed by atoms with van der Waals surface area (Å²) in [5.74, 6) is -0.00465. The zero-order chi connectivity index (χ0) is 11.7. The summed E-state index contributed by atoms with van der Waals surface area (Å²) in [7, 11) is 0. The van der Waals surface area contributed by atoms with Crippen LogP contribution >= 0.6 is 0 Å². The number of fused-ring (bicyclic) bond motifs is 1. The summed E-state index contributed by atoms with van der Waals surface area (Å²) in [4.78, 5) is 24.3. The van der Waals surface area contributed by atoms with Crippen LogP contribution < -0.4 is 0 Å². The molecule has 4 aliphatic rings. The van der Waals surface area contributed by atoms with Crippen LogP contribution in [-0.4, -0.2) is 11.6 Å². The van der Waals surface area contributed by atoms with Gasteiger partial charge in [0.25, 0.3) is 0 Å². The molecule has 2 nitrogen and oxygen atoms in total. The van der Waals surface area contributed by atoms with Crippen molar-refractivity contribution in [3.63, 3.8) is 0 Å². The van der Waals surface area contributed by atoms with E-state index in [2.05, 4.69) is 32.9 Å². The van der Waals surface area contributed by atoms with Crippen LogP contribution in [0, 0.1) is 28.6 Å². The average molecular weight is 216 g/mol. The first-order valence-electron chi connectivity index (χ1n) is 5.86. The minimum atomic E-state index is -0.585. The van der Waals surface area contributed by atoms with E-state index in [1.165, 1.54) is 0 Å². The van der Waals surface area contributed by atoms with Crippen LogP contribution in [0.3, 0.4) is 0 Å². The Morgan fingerprint density at radius 3 is 2.31 bits per heavy atom. The summed E-state index contributed by atoms with van der Waals surface area (Å²) in [5, 5.41) is 0. The third kappa shape index (κ3) is 0.817. The summed E-state index contributed by atoms with van der Waals surface area (Å²) in [6.45, 7) is 6.16. The molecule has 0 saturated heterocycles. The number of hydrogen-bond acceptors (Lipinski definition) is 2. The molecule has 0 aromatic carbocycles. The molecule has 0 aromatic rings. The molecule has 0 radical (unpaired) electrons. The van der Waals surface area contributed by atoms with E-state index < -0.39 is 5.41 Å². The molecule has 0 spiro atoms. The van der Waals surface area contributed by atoms with Gasteiger partial charge in [0.2, 0.25) is 11.6 Å². The largest absolute Gasteiger partial charge is 0.290 e. The smallest absolute Gasteiger partial charge is 0.210 e. The summed E-state index contributed by atoms with van der Waals surface area (Å²) >= 11 is 0. The van der Waals surface area contributed by atoms with Crippen molar-refractivity contribution in [2.45, 2.75) is 20.8 Å². The van der Waals surface area contributed by atoms with Gasteiger partial charge < -0.3 is 0 Å². The van der Waals surface area contributed by atoms with Crippen LogP contribution in [0.2, 0.25) is 0 Å². The number of allylic oxidation sites excluding steroid dienone is 4. The first-order valence-corrected chi connectivity index (χ1v) is 5.86. The number of rotatable bonds is 0. The Labute approximate surface area is 95.4 Å². The number of ketones is 2. The lowest BCUT2D eigenvalue weighted by molar-refractivity contribution is -0.157. The highest BCUT2D eigenvalue weighted by Gasteiger charge is 2.65. The third-order valence-corrected chi connectivity index (χ3v) is 4.61. The summed E-state index contributed by atoms with van der Waals surface area (Å²) < 4.78 is 0. The standard InChI is InChI=1S/C14H16O2/c1-13(2,3)14-7-6-9(11(15)12(14)16)8-4-5-10(8)14/h4-10H,1-3H3/t8-,9-,10+,14+/m1/s1. The zero-order valence-electron chi connectivity index (χ0n) is 9.86. The van der Waals surface area contributed by atoms with Crippen LogP contribution in [0.15, 0.2) is 24.3 Å². The number of carbonyl (C=O) groups is 2. The zero-order valence-corrected chi connectivity index (χ0v) is 9.86. The van der Waals surface area contributed by atoms with Gasteiger partial charge in [-0.1, -0.05) is 45.1 Å². The van der Waals surface area contributed by atoms with E-state index >= 15 is 0 Å². The first kappa shape index (κ1) is 10.0. The van der Waals surface area contributed by atoms with Gasteiger partial charge in [0.15, 0.2) is 0 Å². The van der Waals surface area contributed by atoms with Crippen LogP contribution in [0.5, 0.6) is 0 Å². The highest BCUT2D eigenvalue weighted by atomic mass is 16.2. The molecule has 0 aliphatic heterocycles. The van der Waals surface area contributed by atoms with Crippen molar-refractivity contribution in [2.75, 3.05) is 0 Å². The molecule has 0 N–H and O–H groups in total. The number of carbonyl (C=O) groups excluding carboxylic acids is 2.